The molecule has 3 N–H and O–H groups in total. The quantitative estimate of drug-likeness (QED) is 0.457. The molecule has 34 heavy (non-hydrogen) atoms. The van der Waals surface area contributed by atoms with Crippen molar-refractivity contribution in [3.8, 4) is 5.69 Å². The molecule has 2 aromatic carbocycles. The Morgan fingerprint density at radius 3 is 2.68 bits per heavy atom. The predicted octanol–water partition coefficient (Wildman–Crippen LogP) is 2.86. The van der Waals surface area contributed by atoms with Crippen LogP contribution in [0.2, 0.25) is 0 Å². The van der Waals surface area contributed by atoms with Gasteiger partial charge in [-0.1, -0.05) is 12.1 Å². The number of rotatable bonds is 6. The average molecular weight is 461 g/mol. The van der Waals surface area contributed by atoms with Crippen LogP contribution in [0, 0.1) is 11.7 Å². The van der Waals surface area contributed by atoms with Crippen molar-refractivity contribution < 1.29 is 14.3 Å². The average Bonchev–Trinajstić information content (AvgIpc) is 3.53. The number of nitrogens with two attached hydrogens (primary N) is 1. The van der Waals surface area contributed by atoms with Crippen LogP contribution < -0.4 is 16.1 Å². The molecule has 0 saturated carbocycles. The second-order valence-corrected chi connectivity index (χ2v) is 8.58. The molecule has 0 bridgehead atoms. The number of halogens is 1. The van der Waals surface area contributed by atoms with Gasteiger partial charge in [-0.15, -0.1) is 0 Å². The first-order valence-corrected chi connectivity index (χ1v) is 11.1. The number of hydrogen-bond donors (Lipinski definition) is 2. The Hall–Kier alpha value is -3.98. The lowest BCUT2D eigenvalue weighted by atomic mass is 10.1. The third kappa shape index (κ3) is 3.94. The van der Waals surface area contributed by atoms with Crippen molar-refractivity contribution in [3.63, 3.8) is 0 Å². The van der Waals surface area contributed by atoms with E-state index in [1.165, 1.54) is 6.20 Å². The first-order chi connectivity index (χ1) is 16.4. The Bertz CT molecular complexity index is 1410. The first-order valence-electron chi connectivity index (χ1n) is 11.1. The fourth-order valence-electron chi connectivity index (χ4n) is 4.54. The van der Waals surface area contributed by atoms with Crippen molar-refractivity contribution in [1.29, 1.82) is 0 Å². The lowest BCUT2D eigenvalue weighted by Crippen LogP contribution is -2.24. The van der Waals surface area contributed by atoms with Crippen LogP contribution in [0.25, 0.3) is 16.6 Å². The van der Waals surface area contributed by atoms with Gasteiger partial charge in [-0.25, -0.2) is 13.9 Å². The molecule has 9 heteroatoms. The lowest BCUT2D eigenvalue weighted by Gasteiger charge is -2.21. The highest BCUT2D eigenvalue weighted by molar-refractivity contribution is 5.93. The number of carbonyl (C=O) groups is 1. The second-order valence-electron chi connectivity index (χ2n) is 8.58. The molecule has 8 nitrogen and oxygen atoms in total. The van der Waals surface area contributed by atoms with Gasteiger partial charge in [0.15, 0.2) is 0 Å². The van der Waals surface area contributed by atoms with Gasteiger partial charge in [0.2, 0.25) is 5.43 Å². The molecule has 0 amide bonds. The topological polar surface area (TPSA) is 106 Å². The Morgan fingerprint density at radius 1 is 1.24 bits per heavy atom. The lowest BCUT2D eigenvalue weighted by molar-refractivity contribution is 0.0695. The van der Waals surface area contributed by atoms with Crippen molar-refractivity contribution in [2.24, 2.45) is 11.7 Å². The molecule has 5 rings (SSSR count). The molecule has 1 aliphatic heterocycles. The number of anilines is 1. The van der Waals surface area contributed by atoms with Gasteiger partial charge in [-0.3, -0.25) is 4.79 Å². The monoisotopic (exact) mass is 461 g/mol. The summed E-state index contributed by atoms with van der Waals surface area (Å²) in [7, 11) is 0. The summed E-state index contributed by atoms with van der Waals surface area (Å²) >= 11 is 0. The van der Waals surface area contributed by atoms with Crippen LogP contribution in [-0.2, 0) is 6.54 Å². The molecule has 1 atom stereocenters. The zero-order chi connectivity index (χ0) is 23.8. The van der Waals surface area contributed by atoms with Crippen LogP contribution in [0.3, 0.4) is 0 Å². The van der Waals surface area contributed by atoms with Gasteiger partial charge < -0.3 is 20.3 Å². The summed E-state index contributed by atoms with van der Waals surface area (Å²) in [6, 6.07) is 12.3. The second kappa shape index (κ2) is 8.75. The number of aromatic carboxylic acids is 1. The van der Waals surface area contributed by atoms with Crippen LogP contribution in [-0.4, -0.2) is 45.1 Å². The Kier molecular flexibility index (Phi) is 5.62. The van der Waals surface area contributed by atoms with Crippen LogP contribution in [0.5, 0.6) is 0 Å². The summed E-state index contributed by atoms with van der Waals surface area (Å²) in [6.07, 6.45) is 5.75. The predicted molar refractivity (Wildman–Crippen MR) is 127 cm³/mol. The number of carboxylic acids is 1. The Morgan fingerprint density at radius 2 is 2.03 bits per heavy atom. The molecule has 0 aliphatic carbocycles. The van der Waals surface area contributed by atoms with Crippen LogP contribution in [0.4, 0.5) is 10.1 Å². The smallest absolute Gasteiger partial charge is 0.341 e. The van der Waals surface area contributed by atoms with Crippen LogP contribution in [0.15, 0.2) is 65.8 Å². The number of fused-ring (bicyclic) bond motifs is 1. The van der Waals surface area contributed by atoms with Crippen LogP contribution in [0.1, 0.15) is 22.3 Å². The minimum absolute atomic E-state index is 0.0453. The number of pyridine rings is 1. The normalized spacial score (nSPS) is 15.8. The molecular weight excluding hydrogens is 437 g/mol. The largest absolute Gasteiger partial charge is 0.477 e. The van der Waals surface area contributed by atoms with E-state index in [4.69, 9.17) is 5.73 Å². The fourth-order valence-corrected chi connectivity index (χ4v) is 4.54. The van der Waals surface area contributed by atoms with E-state index in [1.54, 1.807) is 21.5 Å². The highest BCUT2D eigenvalue weighted by Gasteiger charge is 2.25. The standard InChI is InChI=1S/C25H24FN5O3/c26-21-10-19-22(11-23(21)29-9-6-17(12-27)14-29)30(15-20(24(19)32)25(33)34)13-16-2-4-18(5-3-16)31-8-1-7-28-31/h1-5,7-8,10-11,15,17H,6,9,12-14,27H2,(H,33,34). The molecule has 1 fully saturated rings. The van der Waals surface area contributed by atoms with Gasteiger partial charge in [0.1, 0.15) is 11.4 Å². The van der Waals surface area contributed by atoms with Gasteiger partial charge >= 0.3 is 5.97 Å². The number of carboxylic acid groups (broad SMARTS) is 1. The summed E-state index contributed by atoms with van der Waals surface area (Å²) in [6.45, 7) is 2.17. The summed E-state index contributed by atoms with van der Waals surface area (Å²) < 4.78 is 18.5. The fraction of sp³-hybridized carbons (Fsp3) is 0.240. The van der Waals surface area contributed by atoms with E-state index in [2.05, 4.69) is 5.10 Å². The molecule has 0 spiro atoms. The minimum Gasteiger partial charge on any atom is -0.477 e. The maximum atomic E-state index is 15.1. The highest BCUT2D eigenvalue weighted by atomic mass is 19.1. The molecular formula is C25H24FN5O3. The maximum absolute atomic E-state index is 15.1. The van der Waals surface area contributed by atoms with Crippen molar-refractivity contribution >= 4 is 22.6 Å². The van der Waals surface area contributed by atoms with E-state index in [0.717, 1.165) is 23.7 Å². The summed E-state index contributed by atoms with van der Waals surface area (Å²) in [5.74, 6) is -1.59. The molecule has 4 aromatic rings. The summed E-state index contributed by atoms with van der Waals surface area (Å²) in [4.78, 5) is 26.5. The van der Waals surface area contributed by atoms with Gasteiger partial charge in [0.05, 0.1) is 16.9 Å². The Labute approximate surface area is 194 Å². The van der Waals surface area contributed by atoms with Gasteiger partial charge in [0, 0.05) is 43.6 Å². The number of aromatic nitrogens is 3. The highest BCUT2D eigenvalue weighted by Crippen LogP contribution is 2.30. The van der Waals surface area contributed by atoms with Crippen LogP contribution >= 0.6 is 0 Å². The van der Waals surface area contributed by atoms with Crippen molar-refractivity contribution in [1.82, 2.24) is 14.3 Å². The van der Waals surface area contributed by atoms with Crippen molar-refractivity contribution in [3.05, 3.63) is 88.2 Å². The third-order valence-corrected chi connectivity index (χ3v) is 6.40. The van der Waals surface area contributed by atoms with E-state index in [1.807, 2.05) is 41.4 Å². The SMILES string of the molecule is NCC1CCN(c2cc3c(cc2F)c(=O)c(C(=O)O)cn3Cc2ccc(-n3cccn3)cc2)C1. The molecule has 174 valence electrons. The van der Waals surface area contributed by atoms with E-state index >= 15 is 4.39 Å². The summed E-state index contributed by atoms with van der Waals surface area (Å²) in [5.41, 5.74) is 7.37. The third-order valence-electron chi connectivity index (χ3n) is 6.40. The van der Waals surface area contributed by atoms with E-state index in [9.17, 15) is 14.7 Å². The summed E-state index contributed by atoms with van der Waals surface area (Å²) in [5, 5.41) is 13.8. The molecule has 3 heterocycles. The molecule has 1 aliphatic rings. The maximum Gasteiger partial charge on any atom is 0.341 e. The molecule has 1 saturated heterocycles. The zero-order valence-electron chi connectivity index (χ0n) is 18.4. The molecule has 2 aromatic heterocycles. The Balaban J connectivity index is 1.59. The van der Waals surface area contributed by atoms with Gasteiger partial charge in [-0.2, -0.15) is 5.10 Å². The van der Waals surface area contributed by atoms with Crippen molar-refractivity contribution in [2.75, 3.05) is 24.5 Å². The van der Waals surface area contributed by atoms with Crippen molar-refractivity contribution in [2.45, 2.75) is 13.0 Å². The number of nitrogens with zero attached hydrogens (tertiary/aromatic N) is 4. The van der Waals surface area contributed by atoms with E-state index < -0.39 is 22.8 Å². The molecule has 1 unspecified atom stereocenters. The van der Waals surface area contributed by atoms with Gasteiger partial charge in [0.25, 0.3) is 0 Å². The number of benzene rings is 2. The zero-order valence-corrected chi connectivity index (χ0v) is 18.4. The molecule has 0 radical (unpaired) electrons. The first kappa shape index (κ1) is 21.8. The number of hydrogen-bond acceptors (Lipinski definition) is 5. The minimum atomic E-state index is -1.34. The van der Waals surface area contributed by atoms with Gasteiger partial charge in [-0.05, 0) is 54.8 Å². The van der Waals surface area contributed by atoms with E-state index in [-0.39, 0.29) is 5.39 Å². The van der Waals surface area contributed by atoms with E-state index in [0.29, 0.717) is 43.3 Å².